The highest BCUT2D eigenvalue weighted by Crippen LogP contribution is 2.60. The minimum atomic E-state index is -0.625. The van der Waals surface area contributed by atoms with Crippen LogP contribution in [0.5, 0.6) is 0 Å². The molecule has 12 aromatic rings. The van der Waals surface area contributed by atoms with Gasteiger partial charge in [0.2, 0.25) is 0 Å². The molecule has 0 amide bonds. The number of fused-ring (bicyclic) bond motifs is 9. The molecule has 0 radical (unpaired) electrons. The van der Waals surface area contributed by atoms with Gasteiger partial charge in [-0.05, 0) is 130 Å². The van der Waals surface area contributed by atoms with Crippen molar-refractivity contribution in [1.29, 1.82) is 0 Å². The van der Waals surface area contributed by atoms with Gasteiger partial charge in [0.05, 0.1) is 16.5 Å². The molecule has 71 heavy (non-hydrogen) atoms. The third-order valence-electron chi connectivity index (χ3n) is 15.6. The van der Waals surface area contributed by atoms with Gasteiger partial charge in [-0.2, -0.15) is 0 Å². The molecule has 2 aliphatic carbocycles. The third-order valence-corrected chi connectivity index (χ3v) is 15.6. The van der Waals surface area contributed by atoms with E-state index in [1.54, 1.807) is 0 Å². The number of benzene rings is 12. The molecule has 0 spiro atoms. The summed E-state index contributed by atoms with van der Waals surface area (Å²) in [5.41, 5.74) is 19.7. The number of anilines is 3. The van der Waals surface area contributed by atoms with Crippen molar-refractivity contribution in [2.75, 3.05) is 4.90 Å². The van der Waals surface area contributed by atoms with E-state index in [-0.39, 0.29) is 0 Å². The van der Waals surface area contributed by atoms with Crippen LogP contribution in [0.1, 0.15) is 44.5 Å². The van der Waals surface area contributed by atoms with E-state index in [1.807, 2.05) is 0 Å². The molecule has 0 aromatic heterocycles. The highest BCUT2D eigenvalue weighted by atomic mass is 15.1. The number of nitrogens with zero attached hydrogens (tertiary/aromatic N) is 1. The smallest absolute Gasteiger partial charge is 0.0714 e. The van der Waals surface area contributed by atoms with Crippen LogP contribution in [0.4, 0.5) is 17.1 Å². The van der Waals surface area contributed by atoms with Crippen LogP contribution in [0.2, 0.25) is 0 Å². The van der Waals surface area contributed by atoms with Crippen LogP contribution < -0.4 is 4.90 Å². The van der Waals surface area contributed by atoms with Crippen LogP contribution in [0, 0.1) is 0 Å². The van der Waals surface area contributed by atoms with Crippen LogP contribution in [-0.4, -0.2) is 0 Å². The monoisotopic (exact) mass is 901 g/mol. The maximum Gasteiger partial charge on any atom is 0.0714 e. The average Bonchev–Trinajstić information content (AvgIpc) is 3.92. The lowest BCUT2D eigenvalue weighted by molar-refractivity contribution is 0.767. The topological polar surface area (TPSA) is 3.24 Å². The third kappa shape index (κ3) is 6.06. The summed E-state index contributed by atoms with van der Waals surface area (Å²) >= 11 is 0. The molecule has 0 fully saturated rings. The first-order chi connectivity index (χ1) is 35.2. The summed E-state index contributed by atoms with van der Waals surface area (Å²) in [5.74, 6) is 0. The lowest BCUT2D eigenvalue weighted by Crippen LogP contribution is -2.29. The van der Waals surface area contributed by atoms with Gasteiger partial charge in [0, 0.05) is 16.8 Å². The van der Waals surface area contributed by atoms with Gasteiger partial charge in [0.25, 0.3) is 0 Å². The predicted octanol–water partition coefficient (Wildman–Crippen LogP) is 17.9. The van der Waals surface area contributed by atoms with Crippen molar-refractivity contribution in [1.82, 2.24) is 0 Å². The second-order valence-electron chi connectivity index (χ2n) is 19.1. The van der Waals surface area contributed by atoms with Gasteiger partial charge in [-0.1, -0.05) is 249 Å². The lowest BCUT2D eigenvalue weighted by Gasteiger charge is -2.36. The summed E-state index contributed by atoms with van der Waals surface area (Å²) in [4.78, 5) is 2.55. The standard InChI is InChI=1S/C70H47N/c1-5-22-48(23-6-1)49-25-21-32-54(44-49)70(53-30-11-4-12-31-53)65-39-20-18-36-60(65)62-43-41-56(47-67(62)70)71(68-45-50-24-13-14-33-57(50)58-34-15-16-37-63(58)68)55-40-42-61-59-35-17-19-38-64(59)69(66(61)46-55,51-26-7-2-8-27-51)52-28-9-3-10-29-52/h1-47H. The Morgan fingerprint density at radius 3 is 1.21 bits per heavy atom. The molecule has 14 rings (SSSR count). The van der Waals surface area contributed by atoms with Crippen LogP contribution in [0.15, 0.2) is 285 Å². The van der Waals surface area contributed by atoms with Gasteiger partial charge in [-0.3, -0.25) is 0 Å². The molecule has 0 N–H and O–H groups in total. The molecule has 0 saturated carbocycles. The summed E-state index contributed by atoms with van der Waals surface area (Å²) in [6.45, 7) is 0. The van der Waals surface area contributed by atoms with Crippen LogP contribution in [-0.2, 0) is 10.8 Å². The summed E-state index contributed by atoms with van der Waals surface area (Å²) < 4.78 is 0. The second-order valence-corrected chi connectivity index (χ2v) is 19.1. The Bertz CT molecular complexity index is 3950. The Balaban J connectivity index is 1.08. The minimum Gasteiger partial charge on any atom is -0.310 e. The number of hydrogen-bond acceptors (Lipinski definition) is 1. The van der Waals surface area contributed by atoms with E-state index < -0.39 is 10.8 Å². The van der Waals surface area contributed by atoms with Gasteiger partial charge in [-0.15, -0.1) is 0 Å². The predicted molar refractivity (Wildman–Crippen MR) is 296 cm³/mol. The highest BCUT2D eigenvalue weighted by Gasteiger charge is 2.48. The van der Waals surface area contributed by atoms with E-state index in [0.717, 1.165) is 17.1 Å². The molecular weight excluding hydrogens is 855 g/mol. The van der Waals surface area contributed by atoms with E-state index >= 15 is 0 Å². The van der Waals surface area contributed by atoms with E-state index in [4.69, 9.17) is 0 Å². The first-order valence-corrected chi connectivity index (χ1v) is 24.7. The number of rotatable bonds is 8. The second kappa shape index (κ2) is 16.3. The van der Waals surface area contributed by atoms with Crippen molar-refractivity contribution < 1.29 is 0 Å². The Morgan fingerprint density at radius 2 is 0.648 bits per heavy atom. The van der Waals surface area contributed by atoms with Gasteiger partial charge < -0.3 is 4.90 Å². The molecule has 1 unspecified atom stereocenters. The summed E-state index contributed by atoms with van der Waals surface area (Å²) in [6.07, 6.45) is 0. The van der Waals surface area contributed by atoms with E-state index in [2.05, 4.69) is 290 Å². The molecule has 1 atom stereocenters. The van der Waals surface area contributed by atoms with Gasteiger partial charge in [0.15, 0.2) is 0 Å². The van der Waals surface area contributed by atoms with E-state index in [9.17, 15) is 0 Å². The van der Waals surface area contributed by atoms with E-state index in [1.165, 1.54) is 99.4 Å². The molecule has 2 aliphatic rings. The zero-order valence-electron chi connectivity index (χ0n) is 39.1. The van der Waals surface area contributed by atoms with Crippen molar-refractivity contribution in [2.45, 2.75) is 10.8 Å². The Morgan fingerprint density at radius 1 is 0.239 bits per heavy atom. The van der Waals surface area contributed by atoms with Crippen LogP contribution >= 0.6 is 0 Å². The van der Waals surface area contributed by atoms with Gasteiger partial charge in [0.1, 0.15) is 0 Å². The maximum atomic E-state index is 2.55. The molecule has 1 nitrogen and oxygen atoms in total. The molecule has 0 aliphatic heterocycles. The summed E-state index contributed by atoms with van der Waals surface area (Å²) in [5, 5.41) is 4.87. The van der Waals surface area contributed by atoms with Crippen LogP contribution in [0.25, 0.3) is 54.9 Å². The fourth-order valence-electron chi connectivity index (χ4n) is 12.7. The molecular formula is C70H47N. The Labute approximate surface area is 415 Å². The fraction of sp³-hybridized carbons (Fsp3) is 0.0286. The largest absolute Gasteiger partial charge is 0.310 e. The molecule has 1 heteroatoms. The first kappa shape index (κ1) is 41.0. The number of hydrogen-bond donors (Lipinski definition) is 0. The Kier molecular flexibility index (Phi) is 9.41. The molecule has 0 saturated heterocycles. The van der Waals surface area contributed by atoms with Crippen molar-refractivity contribution >= 4 is 38.6 Å². The quantitative estimate of drug-likeness (QED) is 0.137. The van der Waals surface area contributed by atoms with Crippen LogP contribution in [0.3, 0.4) is 0 Å². The molecule has 0 heterocycles. The molecule has 12 aromatic carbocycles. The first-order valence-electron chi connectivity index (χ1n) is 24.7. The molecule has 332 valence electrons. The van der Waals surface area contributed by atoms with Crippen molar-refractivity contribution in [3.05, 3.63) is 330 Å². The summed E-state index contributed by atoms with van der Waals surface area (Å²) in [7, 11) is 0. The van der Waals surface area contributed by atoms with Gasteiger partial charge in [-0.25, -0.2) is 0 Å². The van der Waals surface area contributed by atoms with Crippen molar-refractivity contribution in [3.63, 3.8) is 0 Å². The SMILES string of the molecule is c1ccc(-c2cccc(C3(c4ccccc4)c4ccccc4-c4ccc(N(c5ccc6c(c5)C(c5ccccc5)(c5ccccc5)c5ccccc5-6)c5cc6ccccc6c6ccccc56)cc43)c2)cc1. The normalized spacial score (nSPS) is 14.9. The maximum absolute atomic E-state index is 2.55. The molecule has 0 bridgehead atoms. The lowest BCUT2D eigenvalue weighted by atomic mass is 9.67. The van der Waals surface area contributed by atoms with Gasteiger partial charge >= 0.3 is 0 Å². The highest BCUT2D eigenvalue weighted by molar-refractivity contribution is 6.14. The Hall–Kier alpha value is -9.04. The summed E-state index contributed by atoms with van der Waals surface area (Å²) in [6, 6.07) is 106. The average molecular weight is 902 g/mol. The fourth-order valence-corrected chi connectivity index (χ4v) is 12.7. The zero-order valence-corrected chi connectivity index (χ0v) is 39.1. The zero-order chi connectivity index (χ0) is 46.9. The van der Waals surface area contributed by atoms with Crippen molar-refractivity contribution in [3.8, 4) is 33.4 Å². The van der Waals surface area contributed by atoms with Crippen molar-refractivity contribution in [2.24, 2.45) is 0 Å². The van der Waals surface area contributed by atoms with E-state index in [0.29, 0.717) is 0 Å². The minimum absolute atomic E-state index is 0.562.